The lowest BCUT2D eigenvalue weighted by Gasteiger charge is -2.21. The minimum absolute atomic E-state index is 0.0453. The summed E-state index contributed by atoms with van der Waals surface area (Å²) in [6.07, 6.45) is 3.76. The van der Waals surface area contributed by atoms with Crippen LogP contribution in [0.4, 0.5) is 5.69 Å². The van der Waals surface area contributed by atoms with Crippen LogP contribution in [-0.4, -0.2) is 32.8 Å². The molecule has 0 bridgehead atoms. The molecule has 1 heterocycles. The molecular formula is C20H23N5O. The fourth-order valence-corrected chi connectivity index (χ4v) is 2.75. The van der Waals surface area contributed by atoms with E-state index < -0.39 is 0 Å². The normalized spacial score (nSPS) is 12.1. The number of benzene rings is 2. The first kappa shape index (κ1) is 17.8. The lowest BCUT2D eigenvalue weighted by atomic mass is 10.0. The lowest BCUT2D eigenvalue weighted by molar-refractivity contribution is -0.118. The molecule has 3 aromatic rings. The molecule has 3 rings (SSSR count). The summed E-state index contributed by atoms with van der Waals surface area (Å²) in [4.78, 5) is 16.7. The van der Waals surface area contributed by atoms with Gasteiger partial charge in [0.05, 0.1) is 11.7 Å². The van der Waals surface area contributed by atoms with Crippen molar-refractivity contribution in [1.29, 1.82) is 0 Å². The van der Waals surface area contributed by atoms with Crippen LogP contribution in [0.25, 0.3) is 5.69 Å². The van der Waals surface area contributed by atoms with Crippen molar-refractivity contribution in [3.8, 4) is 5.69 Å². The number of carbonyl (C=O) groups is 1. The molecular weight excluding hydrogens is 326 g/mol. The van der Waals surface area contributed by atoms with E-state index in [1.807, 2.05) is 68.4 Å². The van der Waals surface area contributed by atoms with E-state index in [2.05, 4.69) is 20.7 Å². The number of amides is 1. The number of hydrogen-bond acceptors (Lipinski definition) is 4. The Morgan fingerprint density at radius 1 is 1.08 bits per heavy atom. The zero-order valence-corrected chi connectivity index (χ0v) is 15.0. The summed E-state index contributed by atoms with van der Waals surface area (Å²) in [5.41, 5.74) is 2.77. The number of hydrogen-bond donors (Lipinski definition) is 2. The molecule has 0 aliphatic carbocycles. The molecule has 26 heavy (non-hydrogen) atoms. The molecule has 6 heteroatoms. The van der Waals surface area contributed by atoms with Gasteiger partial charge in [-0.3, -0.25) is 4.79 Å². The number of anilines is 1. The maximum absolute atomic E-state index is 12.8. The largest absolute Gasteiger partial charge is 0.325 e. The first-order valence-corrected chi connectivity index (χ1v) is 8.68. The maximum atomic E-state index is 12.8. The fraction of sp³-hybridized carbons (Fsp3) is 0.250. The third-order valence-electron chi connectivity index (χ3n) is 3.95. The second-order valence-electron chi connectivity index (χ2n) is 6.44. The van der Waals surface area contributed by atoms with Gasteiger partial charge >= 0.3 is 0 Å². The van der Waals surface area contributed by atoms with Crippen molar-refractivity contribution in [2.45, 2.75) is 32.4 Å². The fourth-order valence-electron chi connectivity index (χ4n) is 2.75. The van der Waals surface area contributed by atoms with Crippen molar-refractivity contribution in [2.24, 2.45) is 0 Å². The summed E-state index contributed by atoms with van der Waals surface area (Å²) < 4.78 is 1.67. The number of aromatic nitrogens is 3. The Morgan fingerprint density at radius 3 is 2.42 bits per heavy atom. The standard InChI is InChI=1S/C20H23N5O/c1-15(2)23-19(12-16-6-4-3-5-7-16)20(26)24-17-8-10-18(11-9-17)25-14-21-13-22-25/h3-11,13-15,19,23H,12H2,1-2H3,(H,24,26)/t19-/m0/s1. The van der Waals surface area contributed by atoms with Gasteiger partial charge in [-0.05, 0) is 36.2 Å². The van der Waals surface area contributed by atoms with E-state index in [4.69, 9.17) is 0 Å². The molecule has 0 aliphatic rings. The van der Waals surface area contributed by atoms with E-state index in [1.54, 1.807) is 11.0 Å². The van der Waals surface area contributed by atoms with Crippen LogP contribution in [0, 0.1) is 0 Å². The highest BCUT2D eigenvalue weighted by Crippen LogP contribution is 2.13. The minimum Gasteiger partial charge on any atom is -0.325 e. The van der Waals surface area contributed by atoms with Crippen LogP contribution in [0.3, 0.4) is 0 Å². The zero-order chi connectivity index (χ0) is 18.4. The molecule has 0 aliphatic heterocycles. The van der Waals surface area contributed by atoms with E-state index in [0.29, 0.717) is 6.42 Å². The molecule has 134 valence electrons. The molecule has 0 fully saturated rings. The Balaban J connectivity index is 1.68. The minimum atomic E-state index is -0.299. The monoisotopic (exact) mass is 349 g/mol. The van der Waals surface area contributed by atoms with Gasteiger partial charge < -0.3 is 10.6 Å². The summed E-state index contributed by atoms with van der Waals surface area (Å²) in [5, 5.41) is 10.4. The quantitative estimate of drug-likeness (QED) is 0.688. The van der Waals surface area contributed by atoms with E-state index in [0.717, 1.165) is 16.9 Å². The molecule has 0 spiro atoms. The number of rotatable bonds is 7. The van der Waals surface area contributed by atoms with Crippen LogP contribution < -0.4 is 10.6 Å². The Kier molecular flexibility index (Phi) is 5.76. The van der Waals surface area contributed by atoms with Gasteiger partial charge in [0.25, 0.3) is 0 Å². The SMILES string of the molecule is CC(C)N[C@@H](Cc1ccccc1)C(=O)Nc1ccc(-n2cncn2)cc1. The van der Waals surface area contributed by atoms with Crippen molar-refractivity contribution in [1.82, 2.24) is 20.1 Å². The van der Waals surface area contributed by atoms with Gasteiger partial charge in [-0.1, -0.05) is 44.2 Å². The van der Waals surface area contributed by atoms with E-state index >= 15 is 0 Å². The number of nitrogens with one attached hydrogen (secondary N) is 2. The Morgan fingerprint density at radius 2 is 1.81 bits per heavy atom. The number of nitrogens with zero attached hydrogens (tertiary/aromatic N) is 3. The second kappa shape index (κ2) is 8.40. The van der Waals surface area contributed by atoms with Crippen LogP contribution in [0.5, 0.6) is 0 Å². The molecule has 1 aromatic heterocycles. The summed E-state index contributed by atoms with van der Waals surface area (Å²) in [6.45, 7) is 4.08. The Hall–Kier alpha value is -2.99. The van der Waals surface area contributed by atoms with Crippen molar-refractivity contribution in [3.05, 3.63) is 72.8 Å². The van der Waals surface area contributed by atoms with Crippen LogP contribution >= 0.6 is 0 Å². The Labute approximate surface area is 153 Å². The van der Waals surface area contributed by atoms with Crippen molar-refractivity contribution in [2.75, 3.05) is 5.32 Å². The summed E-state index contributed by atoms with van der Waals surface area (Å²) in [5.74, 6) is -0.0453. The third kappa shape index (κ3) is 4.77. The van der Waals surface area contributed by atoms with E-state index in [9.17, 15) is 4.79 Å². The molecule has 0 saturated heterocycles. The third-order valence-corrected chi connectivity index (χ3v) is 3.95. The first-order valence-electron chi connectivity index (χ1n) is 8.68. The average Bonchev–Trinajstić information content (AvgIpc) is 3.17. The van der Waals surface area contributed by atoms with E-state index in [1.165, 1.54) is 6.33 Å². The lowest BCUT2D eigenvalue weighted by Crippen LogP contribution is -2.45. The molecule has 0 unspecified atom stereocenters. The average molecular weight is 349 g/mol. The highest BCUT2D eigenvalue weighted by molar-refractivity contribution is 5.95. The maximum Gasteiger partial charge on any atom is 0.241 e. The molecule has 1 amide bonds. The van der Waals surface area contributed by atoms with Gasteiger partial charge in [0.2, 0.25) is 5.91 Å². The molecule has 1 atom stereocenters. The van der Waals surface area contributed by atoms with Crippen molar-refractivity contribution in [3.63, 3.8) is 0 Å². The van der Waals surface area contributed by atoms with Gasteiger partial charge in [0, 0.05) is 11.7 Å². The second-order valence-corrected chi connectivity index (χ2v) is 6.44. The van der Waals surface area contributed by atoms with Crippen molar-refractivity contribution >= 4 is 11.6 Å². The molecule has 2 N–H and O–H groups in total. The van der Waals surface area contributed by atoms with Crippen LogP contribution in [0.2, 0.25) is 0 Å². The predicted molar refractivity (Wildman–Crippen MR) is 102 cm³/mol. The summed E-state index contributed by atoms with van der Waals surface area (Å²) >= 11 is 0. The summed E-state index contributed by atoms with van der Waals surface area (Å²) in [6, 6.07) is 17.5. The van der Waals surface area contributed by atoms with Crippen molar-refractivity contribution < 1.29 is 4.79 Å². The smallest absolute Gasteiger partial charge is 0.241 e. The zero-order valence-electron chi connectivity index (χ0n) is 15.0. The van der Waals surface area contributed by atoms with Crippen LogP contribution in [0.1, 0.15) is 19.4 Å². The highest BCUT2D eigenvalue weighted by atomic mass is 16.2. The van der Waals surface area contributed by atoms with Gasteiger partial charge in [0.15, 0.2) is 0 Å². The Bertz CT molecular complexity index is 813. The van der Waals surface area contributed by atoms with Gasteiger partial charge in [-0.25, -0.2) is 9.67 Å². The first-order chi connectivity index (χ1) is 12.6. The van der Waals surface area contributed by atoms with Crippen LogP contribution in [0.15, 0.2) is 67.3 Å². The topological polar surface area (TPSA) is 71.8 Å². The predicted octanol–water partition coefficient (Wildman–Crippen LogP) is 2.82. The molecule has 0 saturated carbocycles. The summed E-state index contributed by atoms with van der Waals surface area (Å²) in [7, 11) is 0. The van der Waals surface area contributed by atoms with Gasteiger partial charge in [-0.15, -0.1) is 0 Å². The molecule has 6 nitrogen and oxygen atoms in total. The number of carbonyl (C=O) groups excluding carboxylic acids is 1. The molecule has 2 aromatic carbocycles. The van der Waals surface area contributed by atoms with Gasteiger partial charge in [0.1, 0.15) is 12.7 Å². The van der Waals surface area contributed by atoms with Gasteiger partial charge in [-0.2, -0.15) is 5.10 Å². The van der Waals surface area contributed by atoms with Crippen LogP contribution in [-0.2, 0) is 11.2 Å². The highest BCUT2D eigenvalue weighted by Gasteiger charge is 2.19. The van der Waals surface area contributed by atoms with E-state index in [-0.39, 0.29) is 18.0 Å². The molecule has 0 radical (unpaired) electrons.